The Morgan fingerprint density at radius 3 is 1.67 bits per heavy atom. The van der Waals surface area contributed by atoms with Crippen molar-refractivity contribution in [3.63, 3.8) is 0 Å². The molecule has 0 fully saturated rings. The van der Waals surface area contributed by atoms with Gasteiger partial charge in [-0.25, -0.2) is 15.0 Å². The number of hydrogen-bond acceptors (Lipinski definition) is 6. The molecular formula is C25H16F2N4O2. The Balaban J connectivity index is 1.53. The van der Waals surface area contributed by atoms with E-state index in [4.69, 9.17) is 20.2 Å². The zero-order valence-corrected chi connectivity index (χ0v) is 17.1. The van der Waals surface area contributed by atoms with E-state index in [-0.39, 0.29) is 12.6 Å². The Bertz CT molecular complexity index is 1320. The van der Waals surface area contributed by atoms with E-state index in [0.29, 0.717) is 11.5 Å². The van der Waals surface area contributed by atoms with E-state index in [9.17, 15) is 8.78 Å². The minimum Gasteiger partial charge on any atom is -0.462 e. The molecular weight excluding hydrogens is 426 g/mol. The van der Waals surface area contributed by atoms with Gasteiger partial charge in [-0.15, -0.1) is 0 Å². The molecule has 0 atom stereocenters. The maximum atomic E-state index is 13.3. The van der Waals surface area contributed by atoms with Crippen molar-refractivity contribution in [3.05, 3.63) is 96.1 Å². The molecule has 8 heteroatoms. The second-order valence-corrected chi connectivity index (χ2v) is 7.86. The lowest BCUT2D eigenvalue weighted by atomic mass is 9.79. The fraction of sp³-hybridized carbons (Fsp3) is 0.0800. The zero-order valence-electron chi connectivity index (χ0n) is 17.1. The summed E-state index contributed by atoms with van der Waals surface area (Å²) in [6, 6.07) is 17.4. The van der Waals surface area contributed by atoms with Crippen molar-refractivity contribution in [1.82, 2.24) is 9.97 Å². The van der Waals surface area contributed by atoms with Gasteiger partial charge in [-0.1, -0.05) is 12.1 Å². The maximum Gasteiger partial charge on any atom is 0.283 e. The molecule has 0 unspecified atom stereocenters. The molecule has 0 amide bonds. The number of aromatic nitrogens is 2. The summed E-state index contributed by atoms with van der Waals surface area (Å²) in [5, 5.41) is 0. The lowest BCUT2D eigenvalue weighted by Gasteiger charge is -2.34. The summed E-state index contributed by atoms with van der Waals surface area (Å²) in [7, 11) is 0. The Kier molecular flexibility index (Phi) is 4.16. The number of benzene rings is 2. The largest absolute Gasteiger partial charge is 0.462 e. The molecule has 2 N–H and O–H groups in total. The highest BCUT2D eigenvalue weighted by Gasteiger charge is 2.47. The van der Waals surface area contributed by atoms with Crippen LogP contribution in [-0.4, -0.2) is 22.6 Å². The molecule has 4 aromatic rings. The van der Waals surface area contributed by atoms with Crippen molar-refractivity contribution in [3.8, 4) is 33.8 Å². The topological polar surface area (TPSA) is 82.6 Å². The highest BCUT2D eigenvalue weighted by molar-refractivity contribution is 5.79. The molecule has 33 heavy (non-hydrogen) atoms. The summed E-state index contributed by atoms with van der Waals surface area (Å²) in [5.41, 5.74) is 9.74. The van der Waals surface area contributed by atoms with Gasteiger partial charge in [0, 0.05) is 34.6 Å². The van der Waals surface area contributed by atoms with E-state index < -0.39 is 17.4 Å². The predicted octanol–water partition coefficient (Wildman–Crippen LogP) is 4.78. The van der Waals surface area contributed by atoms with Gasteiger partial charge in [-0.3, -0.25) is 0 Å². The number of rotatable bonds is 2. The third-order valence-corrected chi connectivity index (χ3v) is 5.92. The number of fused-ring (bicyclic) bond motifs is 4. The van der Waals surface area contributed by atoms with Crippen molar-refractivity contribution in [2.24, 2.45) is 10.7 Å². The number of nitrogens with two attached hydrogens (primary N) is 1. The van der Waals surface area contributed by atoms with Gasteiger partial charge in [0.1, 0.15) is 18.1 Å². The van der Waals surface area contributed by atoms with Crippen molar-refractivity contribution in [1.29, 1.82) is 0 Å². The Morgan fingerprint density at radius 1 is 0.727 bits per heavy atom. The summed E-state index contributed by atoms with van der Waals surface area (Å²) >= 11 is 0. The summed E-state index contributed by atoms with van der Waals surface area (Å²) < 4.78 is 38.5. The Labute approximate surface area is 187 Å². The van der Waals surface area contributed by atoms with E-state index in [1.54, 1.807) is 12.1 Å². The number of hydrogen-bond donors (Lipinski definition) is 1. The number of amidine groups is 1. The molecule has 6 rings (SSSR count). The maximum absolute atomic E-state index is 13.3. The second-order valence-electron chi connectivity index (χ2n) is 7.86. The molecule has 2 aliphatic rings. The average Bonchev–Trinajstić information content (AvgIpc) is 3.22. The van der Waals surface area contributed by atoms with Crippen LogP contribution in [-0.2, 0) is 10.3 Å². The first-order valence-electron chi connectivity index (χ1n) is 10.2. The fourth-order valence-corrected chi connectivity index (χ4v) is 4.31. The van der Waals surface area contributed by atoms with E-state index >= 15 is 0 Å². The summed E-state index contributed by atoms with van der Waals surface area (Å²) in [5.74, 6) is 0.156. The van der Waals surface area contributed by atoms with Crippen LogP contribution in [0.2, 0.25) is 0 Å². The van der Waals surface area contributed by atoms with Gasteiger partial charge in [0.25, 0.3) is 6.02 Å². The van der Waals surface area contributed by atoms with Crippen LogP contribution < -0.4 is 10.5 Å². The van der Waals surface area contributed by atoms with Gasteiger partial charge in [-0.05, 0) is 59.7 Å². The molecule has 0 aliphatic carbocycles. The summed E-state index contributed by atoms with van der Waals surface area (Å²) in [6.45, 7) is 0.193. The van der Waals surface area contributed by atoms with Crippen LogP contribution in [0.1, 0.15) is 11.1 Å². The van der Waals surface area contributed by atoms with Gasteiger partial charge in [0.05, 0.1) is 0 Å². The number of aliphatic imine (C=N–C) groups is 1. The molecule has 2 aliphatic heterocycles. The number of ether oxygens (including phenoxy) is 2. The predicted molar refractivity (Wildman–Crippen MR) is 118 cm³/mol. The van der Waals surface area contributed by atoms with Crippen molar-refractivity contribution >= 4 is 6.02 Å². The molecule has 2 aromatic carbocycles. The highest BCUT2D eigenvalue weighted by atomic mass is 19.1. The monoisotopic (exact) mass is 442 g/mol. The first-order valence-corrected chi connectivity index (χ1v) is 10.2. The minimum atomic E-state index is -0.931. The van der Waals surface area contributed by atoms with Crippen LogP contribution in [0.25, 0.3) is 22.3 Å². The van der Waals surface area contributed by atoms with Gasteiger partial charge in [0.2, 0.25) is 11.9 Å². The summed E-state index contributed by atoms with van der Waals surface area (Å²) in [4.78, 5) is 12.2. The van der Waals surface area contributed by atoms with Gasteiger partial charge in [-0.2, -0.15) is 8.78 Å². The van der Waals surface area contributed by atoms with E-state index in [0.717, 1.165) is 33.4 Å². The standard InChI is InChI=1S/C25H16F2N4O2/c26-22-7-3-16(11-29-22)14-1-5-20-18(9-14)25(13-32-24(28)31-25)19-10-15(2-6-21(19)33-20)17-4-8-23(27)30-12-17/h1-12H,13H2,(H2,28,31). The Hall–Kier alpha value is -4.33. The molecule has 162 valence electrons. The first kappa shape index (κ1) is 19.4. The molecule has 4 heterocycles. The highest BCUT2D eigenvalue weighted by Crippen LogP contribution is 2.52. The lowest BCUT2D eigenvalue weighted by Crippen LogP contribution is -2.31. The third-order valence-electron chi connectivity index (χ3n) is 5.92. The third kappa shape index (κ3) is 3.10. The van der Waals surface area contributed by atoms with E-state index in [1.807, 2.05) is 36.4 Å². The van der Waals surface area contributed by atoms with Crippen molar-refractivity contribution in [2.75, 3.05) is 6.61 Å². The average molecular weight is 442 g/mol. The Morgan fingerprint density at radius 2 is 1.24 bits per heavy atom. The van der Waals surface area contributed by atoms with Gasteiger partial charge < -0.3 is 15.2 Å². The molecule has 0 radical (unpaired) electrons. The molecule has 6 nitrogen and oxygen atoms in total. The molecule has 2 aromatic heterocycles. The summed E-state index contributed by atoms with van der Waals surface area (Å²) in [6.07, 6.45) is 2.95. The SMILES string of the molecule is NC1=NC2(CO1)c1cc(-c3ccc(F)nc3)ccc1Oc1ccc(-c3ccc(F)nc3)cc12. The molecule has 0 saturated carbocycles. The second kappa shape index (κ2) is 7.09. The van der Waals surface area contributed by atoms with Gasteiger partial charge >= 0.3 is 0 Å². The lowest BCUT2D eigenvalue weighted by molar-refractivity contribution is 0.264. The van der Waals surface area contributed by atoms with Gasteiger partial charge in [0.15, 0.2) is 5.54 Å². The molecule has 0 bridgehead atoms. The van der Waals surface area contributed by atoms with Crippen molar-refractivity contribution in [2.45, 2.75) is 5.54 Å². The number of nitrogens with zero attached hydrogens (tertiary/aromatic N) is 3. The number of pyridine rings is 2. The fourth-order valence-electron chi connectivity index (χ4n) is 4.31. The van der Waals surface area contributed by atoms with Crippen LogP contribution in [0.15, 0.2) is 78.0 Å². The zero-order chi connectivity index (χ0) is 22.6. The van der Waals surface area contributed by atoms with E-state index in [2.05, 4.69) is 9.97 Å². The van der Waals surface area contributed by atoms with E-state index in [1.165, 1.54) is 24.5 Å². The van der Waals surface area contributed by atoms with Crippen LogP contribution >= 0.6 is 0 Å². The van der Waals surface area contributed by atoms with Crippen LogP contribution in [0.3, 0.4) is 0 Å². The van der Waals surface area contributed by atoms with Crippen LogP contribution in [0.4, 0.5) is 8.78 Å². The van der Waals surface area contributed by atoms with Crippen LogP contribution in [0.5, 0.6) is 11.5 Å². The molecule has 0 saturated heterocycles. The molecule has 1 spiro atoms. The normalized spacial score (nSPS) is 15.3. The first-order chi connectivity index (χ1) is 16.0. The van der Waals surface area contributed by atoms with Crippen LogP contribution in [0, 0.1) is 11.9 Å². The quantitative estimate of drug-likeness (QED) is 0.452. The minimum absolute atomic E-state index is 0.0801. The number of halogens is 2. The smallest absolute Gasteiger partial charge is 0.283 e. The van der Waals surface area contributed by atoms with Crippen molar-refractivity contribution < 1.29 is 18.3 Å².